The molecule has 0 saturated heterocycles. The summed E-state index contributed by atoms with van der Waals surface area (Å²) in [7, 11) is -1.53. The van der Waals surface area contributed by atoms with Gasteiger partial charge in [-0.25, -0.2) is 8.42 Å². The van der Waals surface area contributed by atoms with Gasteiger partial charge >= 0.3 is 0 Å². The van der Waals surface area contributed by atoms with Gasteiger partial charge in [0.05, 0.1) is 0 Å². The lowest BCUT2D eigenvalue weighted by Gasteiger charge is -1.85. The predicted octanol–water partition coefficient (Wildman–Crippen LogP) is -0.0167. The number of rotatable bonds is 2. The van der Waals surface area contributed by atoms with Crippen LogP contribution in [0.25, 0.3) is 0 Å². The first-order valence-corrected chi connectivity index (χ1v) is 5.46. The van der Waals surface area contributed by atoms with Gasteiger partial charge < -0.3 is 5.32 Å². The van der Waals surface area contributed by atoms with Gasteiger partial charge in [0, 0.05) is 13.3 Å². The molecule has 0 radical (unpaired) electrons. The van der Waals surface area contributed by atoms with Crippen LogP contribution in [0.15, 0.2) is 4.34 Å². The summed E-state index contributed by atoms with van der Waals surface area (Å²) in [6.07, 6.45) is 1.10. The summed E-state index contributed by atoms with van der Waals surface area (Å²) >= 11 is 1.02. The van der Waals surface area contributed by atoms with Gasteiger partial charge in [-0.05, 0) is 0 Å². The van der Waals surface area contributed by atoms with Crippen molar-refractivity contribution in [3.05, 3.63) is 0 Å². The zero-order valence-corrected chi connectivity index (χ0v) is 7.66. The number of nitrogens with zero attached hydrogens (tertiary/aromatic N) is 2. The number of aromatic nitrogens is 2. The first-order chi connectivity index (χ1) is 5.04. The quantitative estimate of drug-likeness (QED) is 0.715. The zero-order chi connectivity index (χ0) is 8.48. The Balaban J connectivity index is 3.09. The minimum Gasteiger partial charge on any atom is -0.363 e. The fourth-order valence-electron chi connectivity index (χ4n) is 0.461. The fourth-order valence-corrected chi connectivity index (χ4v) is 1.92. The maximum Gasteiger partial charge on any atom is 0.234 e. The van der Waals surface area contributed by atoms with Crippen molar-refractivity contribution in [2.24, 2.45) is 0 Å². The minimum atomic E-state index is -3.19. The lowest BCUT2D eigenvalue weighted by Crippen LogP contribution is -1.95. The molecule has 5 nitrogen and oxygen atoms in total. The van der Waals surface area contributed by atoms with Crippen molar-refractivity contribution in [3.8, 4) is 0 Å². The highest BCUT2D eigenvalue weighted by Crippen LogP contribution is 2.18. The summed E-state index contributed by atoms with van der Waals surface area (Å²) in [5.74, 6) is 0. The average molecular weight is 193 g/mol. The number of anilines is 1. The largest absolute Gasteiger partial charge is 0.363 e. The smallest absolute Gasteiger partial charge is 0.234 e. The van der Waals surface area contributed by atoms with Crippen LogP contribution >= 0.6 is 11.3 Å². The van der Waals surface area contributed by atoms with Crippen molar-refractivity contribution in [1.82, 2.24) is 10.2 Å². The SMILES string of the molecule is CNc1nnc(S(C)(=O)=O)s1. The Bertz CT molecular complexity index is 342. The maximum absolute atomic E-state index is 10.8. The molecule has 11 heavy (non-hydrogen) atoms. The molecule has 0 saturated carbocycles. The maximum atomic E-state index is 10.8. The third-order valence-corrected chi connectivity index (χ3v) is 3.55. The van der Waals surface area contributed by atoms with Crippen LogP contribution in [0.1, 0.15) is 0 Å². The molecule has 1 N–H and O–H groups in total. The van der Waals surface area contributed by atoms with Gasteiger partial charge in [-0.3, -0.25) is 0 Å². The van der Waals surface area contributed by atoms with Crippen LogP contribution < -0.4 is 5.32 Å². The molecule has 0 bridgehead atoms. The van der Waals surface area contributed by atoms with Gasteiger partial charge in [0.15, 0.2) is 0 Å². The van der Waals surface area contributed by atoms with Crippen LogP contribution in [-0.2, 0) is 9.84 Å². The lowest BCUT2D eigenvalue weighted by molar-refractivity contribution is 0.600. The van der Waals surface area contributed by atoms with Crippen molar-refractivity contribution in [2.45, 2.75) is 4.34 Å². The first kappa shape index (κ1) is 8.41. The summed E-state index contributed by atoms with van der Waals surface area (Å²) < 4.78 is 21.7. The fraction of sp³-hybridized carbons (Fsp3) is 0.500. The summed E-state index contributed by atoms with van der Waals surface area (Å²) in [5, 5.41) is 10.3. The third-order valence-electron chi connectivity index (χ3n) is 0.938. The second kappa shape index (κ2) is 2.74. The van der Waals surface area contributed by atoms with E-state index in [4.69, 9.17) is 0 Å². The molecule has 7 heteroatoms. The molecule has 1 rings (SSSR count). The molecule has 0 fully saturated rings. The van der Waals surface area contributed by atoms with Gasteiger partial charge in [-0.2, -0.15) is 0 Å². The predicted molar refractivity (Wildman–Crippen MR) is 42.6 cm³/mol. The molecule has 0 aliphatic rings. The molecule has 1 heterocycles. The van der Waals surface area contributed by atoms with Crippen molar-refractivity contribution in [3.63, 3.8) is 0 Å². The zero-order valence-electron chi connectivity index (χ0n) is 6.03. The topological polar surface area (TPSA) is 72.0 Å². The van der Waals surface area contributed by atoms with Crippen LogP contribution in [0.3, 0.4) is 0 Å². The Morgan fingerprint density at radius 1 is 1.45 bits per heavy atom. The summed E-state index contributed by atoms with van der Waals surface area (Å²) in [5.41, 5.74) is 0. The standard InChI is InChI=1S/C4H7N3O2S2/c1-5-3-6-7-4(10-3)11(2,8)9/h1-2H3,(H,5,6). The minimum absolute atomic E-state index is 0.0434. The lowest BCUT2D eigenvalue weighted by atomic mass is 11.1. The number of nitrogens with one attached hydrogen (secondary N) is 1. The van der Waals surface area contributed by atoms with Crippen LogP contribution in [0, 0.1) is 0 Å². The third kappa shape index (κ3) is 1.87. The second-order valence-electron chi connectivity index (χ2n) is 1.90. The molecule has 0 aliphatic heterocycles. The van der Waals surface area contributed by atoms with Crippen molar-refractivity contribution < 1.29 is 8.42 Å². The molecular formula is C4H7N3O2S2. The molecule has 1 aromatic heterocycles. The van der Waals surface area contributed by atoms with Gasteiger partial charge in [0.2, 0.25) is 19.3 Å². The van der Waals surface area contributed by atoms with Gasteiger partial charge in [-0.1, -0.05) is 11.3 Å². The van der Waals surface area contributed by atoms with E-state index in [0.717, 1.165) is 17.6 Å². The Labute approximate surface area is 68.4 Å². The molecule has 0 atom stereocenters. The normalized spacial score (nSPS) is 11.5. The van der Waals surface area contributed by atoms with Crippen LogP contribution in [0.4, 0.5) is 5.13 Å². The molecule has 0 spiro atoms. The summed E-state index contributed by atoms with van der Waals surface area (Å²) in [4.78, 5) is 0. The van der Waals surface area contributed by atoms with Crippen molar-refractivity contribution in [1.29, 1.82) is 0 Å². The van der Waals surface area contributed by atoms with E-state index >= 15 is 0 Å². The van der Waals surface area contributed by atoms with Crippen molar-refractivity contribution >= 4 is 26.3 Å². The second-order valence-corrected chi connectivity index (χ2v) is 5.06. The van der Waals surface area contributed by atoms with Gasteiger partial charge in [0.1, 0.15) is 0 Å². The summed E-state index contributed by atoms with van der Waals surface area (Å²) in [6.45, 7) is 0. The molecule has 62 valence electrons. The number of hydrogen-bond acceptors (Lipinski definition) is 6. The van der Waals surface area contributed by atoms with Crippen LogP contribution in [0.2, 0.25) is 0 Å². The molecule has 0 aliphatic carbocycles. The first-order valence-electron chi connectivity index (χ1n) is 2.75. The number of hydrogen-bond donors (Lipinski definition) is 1. The van der Waals surface area contributed by atoms with E-state index in [-0.39, 0.29) is 4.34 Å². The highest BCUT2D eigenvalue weighted by Gasteiger charge is 2.12. The van der Waals surface area contributed by atoms with E-state index in [9.17, 15) is 8.42 Å². The molecule has 0 amide bonds. The number of sulfone groups is 1. The van der Waals surface area contributed by atoms with Crippen molar-refractivity contribution in [2.75, 3.05) is 18.6 Å². The van der Waals surface area contributed by atoms with E-state index in [0.29, 0.717) is 5.13 Å². The monoisotopic (exact) mass is 193 g/mol. The van der Waals surface area contributed by atoms with Crippen LogP contribution in [-0.4, -0.2) is 31.9 Å². The molecule has 0 aromatic carbocycles. The summed E-state index contributed by atoms with van der Waals surface area (Å²) in [6, 6.07) is 0. The molecule has 0 unspecified atom stereocenters. The Hall–Kier alpha value is -0.690. The molecular weight excluding hydrogens is 186 g/mol. The Kier molecular flexibility index (Phi) is 2.10. The Morgan fingerprint density at radius 3 is 2.36 bits per heavy atom. The van der Waals surface area contributed by atoms with Crippen LogP contribution in [0.5, 0.6) is 0 Å². The van der Waals surface area contributed by atoms with E-state index in [1.165, 1.54) is 0 Å². The van der Waals surface area contributed by atoms with E-state index in [2.05, 4.69) is 15.5 Å². The Morgan fingerprint density at radius 2 is 2.09 bits per heavy atom. The van der Waals surface area contributed by atoms with Gasteiger partial charge in [-0.15, -0.1) is 10.2 Å². The van der Waals surface area contributed by atoms with Gasteiger partial charge in [0.25, 0.3) is 0 Å². The van der Waals surface area contributed by atoms with E-state index < -0.39 is 9.84 Å². The molecule has 1 aromatic rings. The van der Waals surface area contributed by atoms with E-state index in [1.54, 1.807) is 7.05 Å². The highest BCUT2D eigenvalue weighted by atomic mass is 32.2. The van der Waals surface area contributed by atoms with E-state index in [1.807, 2.05) is 0 Å². The highest BCUT2D eigenvalue weighted by molar-refractivity contribution is 7.92. The average Bonchev–Trinajstić information content (AvgIpc) is 2.32.